The summed E-state index contributed by atoms with van der Waals surface area (Å²) in [6.07, 6.45) is -3.52. The molecule has 2 N–H and O–H groups in total. The molecule has 7 heteroatoms. The molecule has 2 heterocycles. The van der Waals surface area contributed by atoms with Crippen molar-refractivity contribution in [2.45, 2.75) is 20.0 Å². The fourth-order valence-electron chi connectivity index (χ4n) is 1.08. The van der Waals surface area contributed by atoms with Gasteiger partial charge in [-0.15, -0.1) is 10.2 Å². The van der Waals surface area contributed by atoms with E-state index in [2.05, 4.69) is 10.2 Å². The van der Waals surface area contributed by atoms with E-state index < -0.39 is 11.7 Å². The van der Waals surface area contributed by atoms with Crippen LogP contribution in [0.15, 0.2) is 18.3 Å². The van der Waals surface area contributed by atoms with E-state index >= 15 is 0 Å². The summed E-state index contributed by atoms with van der Waals surface area (Å²) < 4.78 is 37.9. The molecule has 2 aromatic heterocycles. The molecule has 0 aliphatic heterocycles. The topological polar surface area (TPSA) is 56.2 Å². The van der Waals surface area contributed by atoms with Gasteiger partial charge in [-0.2, -0.15) is 13.2 Å². The number of pyridine rings is 1. The number of hydrogen-bond donors (Lipinski definition) is 1. The Kier molecular flexibility index (Phi) is 3.36. The van der Waals surface area contributed by atoms with Gasteiger partial charge in [0.1, 0.15) is 0 Å². The fraction of sp³-hybridized carbons (Fsp3) is 0.333. The van der Waals surface area contributed by atoms with Gasteiger partial charge in [0.05, 0.1) is 5.56 Å². The second-order valence-corrected chi connectivity index (χ2v) is 2.70. The first-order chi connectivity index (χ1) is 7.48. The summed E-state index contributed by atoms with van der Waals surface area (Å²) in [5.74, 6) is -0.0638. The van der Waals surface area contributed by atoms with Crippen LogP contribution in [0.25, 0.3) is 5.65 Å². The highest BCUT2D eigenvalue weighted by molar-refractivity contribution is 5.44. The van der Waals surface area contributed by atoms with Crippen molar-refractivity contribution < 1.29 is 13.2 Å². The summed E-state index contributed by atoms with van der Waals surface area (Å²) in [6, 6.07) is 2.15. The van der Waals surface area contributed by atoms with E-state index in [-0.39, 0.29) is 11.6 Å². The maximum Gasteiger partial charge on any atom is 0.417 e. The van der Waals surface area contributed by atoms with Gasteiger partial charge in [0.15, 0.2) is 5.65 Å². The molecular formula is C9H11F3N4. The standard InChI is InChI=1S/C7H5F3N4.C2H6/c8-7(9,10)4-1-2-5-12-13-6(11)14(5)3-4;1-2/h1-3H,(H2,11,13);1-2H3. The third-order valence-corrected chi connectivity index (χ3v) is 1.76. The normalized spacial score (nSPS) is 11.1. The van der Waals surface area contributed by atoms with Crippen molar-refractivity contribution in [3.8, 4) is 0 Å². The number of fused-ring (bicyclic) bond motifs is 1. The van der Waals surface area contributed by atoms with E-state index in [1.165, 1.54) is 6.07 Å². The Bertz CT molecular complexity index is 475. The highest BCUT2D eigenvalue weighted by atomic mass is 19.4. The van der Waals surface area contributed by atoms with Crippen molar-refractivity contribution in [2.24, 2.45) is 0 Å². The monoisotopic (exact) mass is 232 g/mol. The first-order valence-electron chi connectivity index (χ1n) is 4.66. The Balaban J connectivity index is 0.000000606. The summed E-state index contributed by atoms with van der Waals surface area (Å²) in [4.78, 5) is 0. The van der Waals surface area contributed by atoms with E-state index in [9.17, 15) is 13.2 Å². The molecule has 0 aliphatic rings. The van der Waals surface area contributed by atoms with Crippen LogP contribution in [0.2, 0.25) is 0 Å². The molecule has 4 nitrogen and oxygen atoms in total. The number of nitrogens with zero attached hydrogens (tertiary/aromatic N) is 3. The molecule has 2 rings (SSSR count). The van der Waals surface area contributed by atoms with E-state index in [0.29, 0.717) is 0 Å². The van der Waals surface area contributed by atoms with Gasteiger partial charge in [0.25, 0.3) is 0 Å². The van der Waals surface area contributed by atoms with Crippen molar-refractivity contribution in [2.75, 3.05) is 5.73 Å². The predicted molar refractivity (Wildman–Crippen MR) is 53.7 cm³/mol. The lowest BCUT2D eigenvalue weighted by molar-refractivity contribution is -0.137. The Morgan fingerprint density at radius 1 is 1.19 bits per heavy atom. The smallest absolute Gasteiger partial charge is 0.368 e. The van der Waals surface area contributed by atoms with Crippen molar-refractivity contribution >= 4 is 11.6 Å². The molecule has 0 saturated carbocycles. The number of anilines is 1. The van der Waals surface area contributed by atoms with Gasteiger partial charge in [-0.3, -0.25) is 4.40 Å². The van der Waals surface area contributed by atoms with Crippen LogP contribution in [-0.4, -0.2) is 14.6 Å². The van der Waals surface area contributed by atoms with Crippen LogP contribution >= 0.6 is 0 Å². The SMILES string of the molecule is CC.Nc1nnc2ccc(C(F)(F)F)cn12. The second kappa shape index (κ2) is 4.38. The fourth-order valence-corrected chi connectivity index (χ4v) is 1.08. The zero-order chi connectivity index (χ0) is 12.3. The molecule has 0 spiro atoms. The Labute approximate surface area is 89.9 Å². The lowest BCUT2D eigenvalue weighted by atomic mass is 10.3. The van der Waals surface area contributed by atoms with Crippen LogP contribution in [0.3, 0.4) is 0 Å². The van der Waals surface area contributed by atoms with Crippen molar-refractivity contribution in [1.29, 1.82) is 0 Å². The summed E-state index contributed by atoms with van der Waals surface area (Å²) >= 11 is 0. The largest absolute Gasteiger partial charge is 0.417 e. The molecule has 0 unspecified atom stereocenters. The van der Waals surface area contributed by atoms with E-state index in [4.69, 9.17) is 5.73 Å². The Morgan fingerprint density at radius 3 is 2.38 bits per heavy atom. The van der Waals surface area contributed by atoms with Crippen molar-refractivity contribution in [1.82, 2.24) is 14.6 Å². The van der Waals surface area contributed by atoms with Crippen LogP contribution in [0, 0.1) is 0 Å². The van der Waals surface area contributed by atoms with E-state index in [0.717, 1.165) is 16.7 Å². The number of aromatic nitrogens is 3. The highest BCUT2D eigenvalue weighted by Gasteiger charge is 2.31. The molecule has 2 aromatic rings. The van der Waals surface area contributed by atoms with Crippen LogP contribution in [0.1, 0.15) is 19.4 Å². The van der Waals surface area contributed by atoms with Gasteiger partial charge in [-0.1, -0.05) is 13.8 Å². The Hall–Kier alpha value is -1.79. The minimum Gasteiger partial charge on any atom is -0.368 e. The van der Waals surface area contributed by atoms with Gasteiger partial charge in [-0.25, -0.2) is 0 Å². The minimum atomic E-state index is -4.38. The van der Waals surface area contributed by atoms with Crippen LogP contribution in [0.5, 0.6) is 0 Å². The van der Waals surface area contributed by atoms with Gasteiger partial charge in [0, 0.05) is 6.20 Å². The third-order valence-electron chi connectivity index (χ3n) is 1.76. The lowest BCUT2D eigenvalue weighted by Gasteiger charge is -2.06. The molecule has 0 aromatic carbocycles. The number of nitrogens with two attached hydrogens (primary N) is 1. The first-order valence-corrected chi connectivity index (χ1v) is 4.66. The van der Waals surface area contributed by atoms with Crippen LogP contribution in [-0.2, 0) is 6.18 Å². The van der Waals surface area contributed by atoms with Gasteiger partial charge in [-0.05, 0) is 12.1 Å². The molecule has 0 bridgehead atoms. The van der Waals surface area contributed by atoms with Crippen molar-refractivity contribution in [3.05, 3.63) is 23.9 Å². The van der Waals surface area contributed by atoms with Crippen LogP contribution < -0.4 is 5.73 Å². The predicted octanol–water partition coefficient (Wildman–Crippen LogP) is 2.36. The Morgan fingerprint density at radius 2 is 1.81 bits per heavy atom. The molecule has 0 amide bonds. The molecule has 88 valence electrons. The quantitative estimate of drug-likeness (QED) is 0.758. The number of alkyl halides is 3. The molecule has 0 fully saturated rings. The van der Waals surface area contributed by atoms with E-state index in [1.54, 1.807) is 0 Å². The summed E-state index contributed by atoms with van der Waals surface area (Å²) in [5, 5.41) is 7.00. The minimum absolute atomic E-state index is 0.0638. The van der Waals surface area contributed by atoms with Gasteiger partial charge >= 0.3 is 6.18 Å². The number of rotatable bonds is 0. The number of halogens is 3. The molecular weight excluding hydrogens is 221 g/mol. The highest BCUT2D eigenvalue weighted by Crippen LogP contribution is 2.29. The number of nitrogen functional groups attached to an aromatic ring is 1. The van der Waals surface area contributed by atoms with Gasteiger partial charge < -0.3 is 5.73 Å². The van der Waals surface area contributed by atoms with Crippen molar-refractivity contribution in [3.63, 3.8) is 0 Å². The third kappa shape index (κ3) is 2.23. The second-order valence-electron chi connectivity index (χ2n) is 2.70. The zero-order valence-electron chi connectivity index (χ0n) is 8.78. The van der Waals surface area contributed by atoms with E-state index in [1.807, 2.05) is 13.8 Å². The lowest BCUT2D eigenvalue weighted by Crippen LogP contribution is -2.06. The molecule has 0 radical (unpaired) electrons. The first kappa shape index (κ1) is 12.3. The molecule has 0 aliphatic carbocycles. The molecule has 16 heavy (non-hydrogen) atoms. The maximum absolute atomic E-state index is 12.3. The molecule has 0 saturated heterocycles. The average Bonchev–Trinajstić information content (AvgIpc) is 2.62. The van der Waals surface area contributed by atoms with Crippen LogP contribution in [0.4, 0.5) is 19.1 Å². The summed E-state index contributed by atoms with van der Waals surface area (Å²) in [7, 11) is 0. The summed E-state index contributed by atoms with van der Waals surface area (Å²) in [5.41, 5.74) is 4.82. The average molecular weight is 232 g/mol. The number of hydrogen-bond acceptors (Lipinski definition) is 3. The summed E-state index contributed by atoms with van der Waals surface area (Å²) in [6.45, 7) is 4.00. The molecule has 0 atom stereocenters. The zero-order valence-corrected chi connectivity index (χ0v) is 8.78. The maximum atomic E-state index is 12.3. The van der Waals surface area contributed by atoms with Gasteiger partial charge in [0.2, 0.25) is 5.95 Å².